The Morgan fingerprint density at radius 1 is 1.47 bits per heavy atom. The Balaban J connectivity index is 2.46. The van der Waals surface area contributed by atoms with E-state index in [0.717, 1.165) is 31.1 Å². The van der Waals surface area contributed by atoms with Crippen molar-refractivity contribution < 1.29 is 4.74 Å². The average Bonchev–Trinajstić information content (AvgIpc) is 2.43. The third kappa shape index (κ3) is 1.91. The molecule has 0 fully saturated rings. The lowest BCUT2D eigenvalue weighted by atomic mass is 9.99. The zero-order valence-corrected chi connectivity index (χ0v) is 9.63. The number of aromatic nitrogens is 1. The molecule has 1 aliphatic rings. The fourth-order valence-electron chi connectivity index (χ4n) is 1.95. The topological polar surface area (TPSA) is 34.2 Å². The minimum Gasteiger partial charge on any atom is -0.476 e. The van der Waals surface area contributed by atoms with Crippen molar-refractivity contribution in [3.8, 4) is 5.88 Å². The fraction of sp³-hybridized carbons (Fsp3) is 0.583. The number of rotatable bonds is 1. The first-order chi connectivity index (χ1) is 7.20. The van der Waals surface area contributed by atoms with E-state index in [2.05, 4.69) is 31.1 Å². The maximum Gasteiger partial charge on any atom is 0.237 e. The summed E-state index contributed by atoms with van der Waals surface area (Å²) in [4.78, 5) is 4.38. The summed E-state index contributed by atoms with van der Waals surface area (Å²) in [6.07, 6.45) is 2.97. The minimum atomic E-state index is 0.507. The Labute approximate surface area is 90.9 Å². The molecule has 2 heterocycles. The van der Waals surface area contributed by atoms with Crippen LogP contribution in [0.3, 0.4) is 0 Å². The summed E-state index contributed by atoms with van der Waals surface area (Å²) in [5.41, 5.74) is 3.65. The van der Waals surface area contributed by atoms with Crippen molar-refractivity contribution in [1.29, 1.82) is 0 Å². The predicted molar refractivity (Wildman–Crippen MR) is 61.7 cm³/mol. The largest absolute Gasteiger partial charge is 0.476 e. The Morgan fingerprint density at radius 3 is 3.00 bits per heavy atom. The number of anilines is 1. The zero-order valence-electron chi connectivity index (χ0n) is 9.63. The summed E-state index contributed by atoms with van der Waals surface area (Å²) in [5, 5.41) is 3.40. The predicted octanol–water partition coefficient (Wildman–Crippen LogP) is 2.71. The lowest BCUT2D eigenvalue weighted by molar-refractivity contribution is 0.311. The summed E-state index contributed by atoms with van der Waals surface area (Å²) in [5.74, 6) is 1.27. The molecule has 0 unspecified atom stereocenters. The first kappa shape index (κ1) is 10.3. The lowest BCUT2D eigenvalue weighted by Crippen LogP contribution is -2.04. The van der Waals surface area contributed by atoms with Crippen molar-refractivity contribution in [2.75, 3.05) is 18.5 Å². The molecule has 0 atom stereocenters. The highest BCUT2D eigenvalue weighted by Crippen LogP contribution is 2.32. The van der Waals surface area contributed by atoms with E-state index >= 15 is 0 Å². The summed E-state index contributed by atoms with van der Waals surface area (Å²) < 4.78 is 5.59. The van der Waals surface area contributed by atoms with E-state index in [1.54, 1.807) is 0 Å². The molecule has 15 heavy (non-hydrogen) atoms. The molecule has 1 N–H and O–H groups in total. The van der Waals surface area contributed by atoms with Gasteiger partial charge in [0.2, 0.25) is 5.88 Å². The summed E-state index contributed by atoms with van der Waals surface area (Å²) in [7, 11) is 0. The summed E-state index contributed by atoms with van der Waals surface area (Å²) in [6.45, 7) is 8.24. The molecule has 2 rings (SSSR count). The van der Waals surface area contributed by atoms with Gasteiger partial charge in [-0.1, -0.05) is 13.8 Å². The van der Waals surface area contributed by atoms with Crippen LogP contribution >= 0.6 is 0 Å². The smallest absolute Gasteiger partial charge is 0.237 e. The van der Waals surface area contributed by atoms with E-state index in [0.29, 0.717) is 5.92 Å². The molecule has 3 nitrogen and oxygen atoms in total. The molecule has 0 aliphatic carbocycles. The van der Waals surface area contributed by atoms with Crippen molar-refractivity contribution in [1.82, 2.24) is 4.98 Å². The first-order valence-corrected chi connectivity index (χ1v) is 5.56. The van der Waals surface area contributed by atoms with Crippen molar-refractivity contribution in [2.45, 2.75) is 33.1 Å². The molecule has 0 aromatic carbocycles. The molecular weight excluding hydrogens is 188 g/mol. The third-order valence-electron chi connectivity index (χ3n) is 2.83. The van der Waals surface area contributed by atoms with Crippen molar-refractivity contribution in [2.24, 2.45) is 0 Å². The quantitative estimate of drug-likeness (QED) is 0.767. The minimum absolute atomic E-state index is 0.507. The molecule has 0 radical (unpaired) electrons. The van der Waals surface area contributed by atoms with Crippen LogP contribution in [0.25, 0.3) is 0 Å². The number of pyridine rings is 1. The molecule has 0 spiro atoms. The van der Waals surface area contributed by atoms with Gasteiger partial charge in [0.25, 0.3) is 0 Å². The van der Waals surface area contributed by atoms with Gasteiger partial charge in [-0.2, -0.15) is 0 Å². The highest BCUT2D eigenvalue weighted by atomic mass is 16.5. The summed E-state index contributed by atoms with van der Waals surface area (Å²) >= 11 is 0. The van der Waals surface area contributed by atoms with Gasteiger partial charge in [-0.3, -0.25) is 0 Å². The standard InChI is InChI=1S/C12H18N2O/c1-8(2)10-7-14-12-11(9(10)3)13-5-4-6-15-12/h7-8,13H,4-6H2,1-3H3. The van der Waals surface area contributed by atoms with E-state index < -0.39 is 0 Å². The molecular formula is C12H18N2O. The monoisotopic (exact) mass is 206 g/mol. The third-order valence-corrected chi connectivity index (χ3v) is 2.83. The first-order valence-electron chi connectivity index (χ1n) is 5.56. The number of ether oxygens (including phenoxy) is 1. The van der Waals surface area contributed by atoms with Crippen LogP contribution < -0.4 is 10.1 Å². The van der Waals surface area contributed by atoms with Crippen LogP contribution in [0.4, 0.5) is 5.69 Å². The van der Waals surface area contributed by atoms with E-state index in [-0.39, 0.29) is 0 Å². The lowest BCUT2D eigenvalue weighted by Gasteiger charge is -2.15. The number of nitrogens with one attached hydrogen (secondary N) is 1. The molecule has 1 aromatic heterocycles. The van der Waals surface area contributed by atoms with Crippen LogP contribution in [0.15, 0.2) is 6.20 Å². The van der Waals surface area contributed by atoms with E-state index in [9.17, 15) is 0 Å². The molecule has 82 valence electrons. The highest BCUT2D eigenvalue weighted by Gasteiger charge is 2.16. The fourth-order valence-corrected chi connectivity index (χ4v) is 1.95. The second kappa shape index (κ2) is 4.09. The summed E-state index contributed by atoms with van der Waals surface area (Å²) in [6, 6.07) is 0. The normalized spacial score (nSPS) is 15.2. The van der Waals surface area contributed by atoms with E-state index in [1.807, 2.05) is 6.20 Å². The Morgan fingerprint density at radius 2 is 2.27 bits per heavy atom. The van der Waals surface area contributed by atoms with Gasteiger partial charge >= 0.3 is 0 Å². The second-order valence-electron chi connectivity index (χ2n) is 4.30. The van der Waals surface area contributed by atoms with Crippen molar-refractivity contribution in [3.05, 3.63) is 17.3 Å². The second-order valence-corrected chi connectivity index (χ2v) is 4.30. The zero-order chi connectivity index (χ0) is 10.8. The van der Waals surface area contributed by atoms with Gasteiger partial charge < -0.3 is 10.1 Å². The Bertz CT molecular complexity index is 361. The van der Waals surface area contributed by atoms with E-state index in [1.165, 1.54) is 11.1 Å². The molecule has 0 saturated carbocycles. The van der Waals surface area contributed by atoms with Gasteiger partial charge in [-0.05, 0) is 30.4 Å². The van der Waals surface area contributed by atoms with Gasteiger partial charge in [0.1, 0.15) is 5.69 Å². The maximum atomic E-state index is 5.59. The molecule has 0 bridgehead atoms. The van der Waals surface area contributed by atoms with Crippen LogP contribution in [-0.2, 0) is 0 Å². The number of hydrogen-bond donors (Lipinski definition) is 1. The SMILES string of the molecule is Cc1c(C(C)C)cnc2c1NCCCO2. The van der Waals surface area contributed by atoms with Crippen LogP contribution in [0, 0.1) is 6.92 Å². The Kier molecular flexibility index (Phi) is 2.80. The molecule has 3 heteroatoms. The van der Waals surface area contributed by atoms with Gasteiger partial charge in [0, 0.05) is 12.7 Å². The van der Waals surface area contributed by atoms with Crippen LogP contribution in [0.5, 0.6) is 5.88 Å². The van der Waals surface area contributed by atoms with Gasteiger partial charge in [-0.25, -0.2) is 4.98 Å². The van der Waals surface area contributed by atoms with Crippen molar-refractivity contribution in [3.63, 3.8) is 0 Å². The number of nitrogens with zero attached hydrogens (tertiary/aromatic N) is 1. The maximum absolute atomic E-state index is 5.59. The number of hydrogen-bond acceptors (Lipinski definition) is 3. The van der Waals surface area contributed by atoms with Gasteiger partial charge in [0.05, 0.1) is 6.61 Å². The average molecular weight is 206 g/mol. The highest BCUT2D eigenvalue weighted by molar-refractivity contribution is 5.61. The molecule has 1 aromatic rings. The number of fused-ring (bicyclic) bond motifs is 1. The molecule has 0 saturated heterocycles. The molecule has 0 amide bonds. The van der Waals surface area contributed by atoms with Crippen LogP contribution in [-0.4, -0.2) is 18.1 Å². The Hall–Kier alpha value is -1.25. The van der Waals surface area contributed by atoms with Crippen LogP contribution in [0.2, 0.25) is 0 Å². The van der Waals surface area contributed by atoms with Crippen molar-refractivity contribution >= 4 is 5.69 Å². The van der Waals surface area contributed by atoms with Crippen LogP contribution in [0.1, 0.15) is 37.3 Å². The molecule has 1 aliphatic heterocycles. The van der Waals surface area contributed by atoms with Gasteiger partial charge in [0.15, 0.2) is 0 Å². The van der Waals surface area contributed by atoms with E-state index in [4.69, 9.17) is 4.74 Å². The van der Waals surface area contributed by atoms with Gasteiger partial charge in [-0.15, -0.1) is 0 Å².